The molecular formula is C16H15Cl2N3O3. The molecule has 1 aliphatic heterocycles. The molecule has 0 unspecified atom stereocenters. The van der Waals surface area contributed by atoms with Gasteiger partial charge in [0.1, 0.15) is 19.2 Å². The van der Waals surface area contributed by atoms with Gasteiger partial charge in [-0.25, -0.2) is 9.67 Å². The Hall–Kier alpha value is -1.60. The van der Waals surface area contributed by atoms with Crippen molar-refractivity contribution in [3.05, 3.63) is 46.7 Å². The summed E-state index contributed by atoms with van der Waals surface area (Å²) in [6.45, 7) is 2.86. The molecule has 126 valence electrons. The molecule has 0 aliphatic carbocycles. The molecule has 1 aromatic carbocycles. The lowest BCUT2D eigenvalue weighted by molar-refractivity contribution is -0.199. The van der Waals surface area contributed by atoms with Crippen LogP contribution in [0.4, 0.5) is 0 Å². The number of nitrogens with zero attached hydrogens (tertiary/aromatic N) is 3. The zero-order chi connectivity index (χ0) is 16.7. The third-order valence-corrected chi connectivity index (χ3v) is 4.56. The third kappa shape index (κ3) is 2.69. The van der Waals surface area contributed by atoms with E-state index >= 15 is 0 Å². The van der Waals surface area contributed by atoms with Gasteiger partial charge in [0.05, 0.1) is 17.7 Å². The van der Waals surface area contributed by atoms with E-state index in [0.29, 0.717) is 34.5 Å². The summed E-state index contributed by atoms with van der Waals surface area (Å²) in [6, 6.07) is 5.29. The Kier molecular flexibility index (Phi) is 4.00. The molecule has 3 heterocycles. The van der Waals surface area contributed by atoms with Crippen molar-refractivity contribution in [3.8, 4) is 0 Å². The Morgan fingerprint density at radius 1 is 1.33 bits per heavy atom. The highest BCUT2D eigenvalue weighted by atomic mass is 35.5. The number of halogens is 2. The van der Waals surface area contributed by atoms with Gasteiger partial charge in [-0.15, -0.1) is 0 Å². The first-order valence-corrected chi connectivity index (χ1v) is 8.38. The van der Waals surface area contributed by atoms with Crippen LogP contribution >= 0.6 is 23.2 Å². The zero-order valence-electron chi connectivity index (χ0n) is 12.9. The lowest BCUT2D eigenvalue weighted by atomic mass is 10.2. The molecule has 1 saturated heterocycles. The maximum atomic E-state index is 6.24. The fourth-order valence-electron chi connectivity index (χ4n) is 2.85. The summed E-state index contributed by atoms with van der Waals surface area (Å²) in [6.07, 6.45) is 3.90. The van der Waals surface area contributed by atoms with E-state index in [0.717, 1.165) is 11.8 Å². The highest BCUT2D eigenvalue weighted by Crippen LogP contribution is 2.41. The van der Waals surface area contributed by atoms with Crippen LogP contribution in [0.15, 0.2) is 35.3 Å². The van der Waals surface area contributed by atoms with Crippen molar-refractivity contribution in [1.82, 2.24) is 14.8 Å². The second-order valence-electron chi connectivity index (χ2n) is 5.72. The van der Waals surface area contributed by atoms with Gasteiger partial charge in [0.25, 0.3) is 0 Å². The highest BCUT2D eigenvalue weighted by Gasteiger charge is 2.46. The molecular weight excluding hydrogens is 353 g/mol. The van der Waals surface area contributed by atoms with E-state index in [1.165, 1.54) is 6.33 Å². The SMILES string of the molecule is CC[C@H]1CO[C@@](Cn2cncn2)(c2cc3cc(Cl)cc(Cl)c3o2)O1. The number of aromatic nitrogens is 3. The van der Waals surface area contributed by atoms with Crippen molar-refractivity contribution in [2.45, 2.75) is 31.8 Å². The van der Waals surface area contributed by atoms with Crippen LogP contribution < -0.4 is 0 Å². The largest absolute Gasteiger partial charge is 0.454 e. The van der Waals surface area contributed by atoms with Gasteiger partial charge in [-0.1, -0.05) is 30.1 Å². The summed E-state index contributed by atoms with van der Waals surface area (Å²) in [5, 5.41) is 5.94. The Morgan fingerprint density at radius 3 is 2.92 bits per heavy atom. The Morgan fingerprint density at radius 2 is 2.21 bits per heavy atom. The van der Waals surface area contributed by atoms with Crippen LogP contribution in [0.3, 0.4) is 0 Å². The predicted octanol–water partition coefficient (Wildman–Crippen LogP) is 4.01. The maximum Gasteiger partial charge on any atom is 0.249 e. The molecule has 0 radical (unpaired) electrons. The van der Waals surface area contributed by atoms with Crippen LogP contribution in [0, 0.1) is 0 Å². The number of furan rings is 1. The normalized spacial score (nSPS) is 24.0. The van der Waals surface area contributed by atoms with Gasteiger partial charge in [-0.3, -0.25) is 0 Å². The average molecular weight is 368 g/mol. The second-order valence-corrected chi connectivity index (χ2v) is 6.57. The fraction of sp³-hybridized carbons (Fsp3) is 0.375. The summed E-state index contributed by atoms with van der Waals surface area (Å²) in [7, 11) is 0. The first-order chi connectivity index (χ1) is 11.6. The van der Waals surface area contributed by atoms with E-state index in [4.69, 9.17) is 37.1 Å². The van der Waals surface area contributed by atoms with Crippen molar-refractivity contribution >= 4 is 34.2 Å². The summed E-state index contributed by atoms with van der Waals surface area (Å²) in [4.78, 5) is 3.97. The number of hydrogen-bond acceptors (Lipinski definition) is 5. The van der Waals surface area contributed by atoms with Gasteiger partial charge in [0.2, 0.25) is 5.79 Å². The van der Waals surface area contributed by atoms with Crippen LogP contribution in [0.5, 0.6) is 0 Å². The van der Waals surface area contributed by atoms with Gasteiger partial charge < -0.3 is 13.9 Å². The van der Waals surface area contributed by atoms with Gasteiger partial charge in [0.15, 0.2) is 11.3 Å². The molecule has 0 saturated carbocycles. The quantitative estimate of drug-likeness (QED) is 0.696. The van der Waals surface area contributed by atoms with Gasteiger partial charge in [-0.2, -0.15) is 5.10 Å². The summed E-state index contributed by atoms with van der Waals surface area (Å²) >= 11 is 12.3. The smallest absolute Gasteiger partial charge is 0.249 e. The molecule has 0 bridgehead atoms. The zero-order valence-corrected chi connectivity index (χ0v) is 14.4. The minimum absolute atomic E-state index is 0.0132. The molecule has 0 spiro atoms. The third-order valence-electron chi connectivity index (χ3n) is 4.06. The Labute approximate surface area is 148 Å². The molecule has 2 aromatic heterocycles. The van der Waals surface area contributed by atoms with E-state index < -0.39 is 5.79 Å². The van der Waals surface area contributed by atoms with Crippen molar-refractivity contribution in [1.29, 1.82) is 0 Å². The summed E-state index contributed by atoms with van der Waals surface area (Å²) in [5.41, 5.74) is 0.557. The van der Waals surface area contributed by atoms with E-state index in [-0.39, 0.29) is 6.10 Å². The van der Waals surface area contributed by atoms with Crippen molar-refractivity contribution in [2.75, 3.05) is 6.61 Å². The van der Waals surface area contributed by atoms with Crippen molar-refractivity contribution in [2.24, 2.45) is 0 Å². The van der Waals surface area contributed by atoms with Gasteiger partial charge in [-0.05, 0) is 24.6 Å². The molecule has 2 atom stereocenters. The molecule has 3 aromatic rings. The summed E-state index contributed by atoms with van der Waals surface area (Å²) in [5.74, 6) is -0.531. The van der Waals surface area contributed by atoms with Crippen LogP contribution in [0.2, 0.25) is 10.0 Å². The first-order valence-electron chi connectivity index (χ1n) is 7.63. The van der Waals surface area contributed by atoms with E-state index in [1.807, 2.05) is 6.07 Å². The van der Waals surface area contributed by atoms with Crippen LogP contribution in [-0.2, 0) is 21.8 Å². The van der Waals surface area contributed by atoms with Gasteiger partial charge >= 0.3 is 0 Å². The minimum atomic E-state index is -1.07. The molecule has 8 heteroatoms. The molecule has 1 fully saturated rings. The van der Waals surface area contributed by atoms with Crippen LogP contribution in [0.25, 0.3) is 11.0 Å². The fourth-order valence-corrected chi connectivity index (χ4v) is 3.39. The molecule has 24 heavy (non-hydrogen) atoms. The monoisotopic (exact) mass is 367 g/mol. The number of ether oxygens (including phenoxy) is 2. The summed E-state index contributed by atoms with van der Waals surface area (Å²) < 4.78 is 19.8. The maximum absolute atomic E-state index is 6.24. The lowest BCUT2D eigenvalue weighted by Gasteiger charge is -2.25. The van der Waals surface area contributed by atoms with Crippen molar-refractivity contribution in [3.63, 3.8) is 0 Å². The predicted molar refractivity (Wildman–Crippen MR) is 89.1 cm³/mol. The second kappa shape index (κ2) is 6.04. The molecule has 6 nitrogen and oxygen atoms in total. The lowest BCUT2D eigenvalue weighted by Crippen LogP contribution is -2.33. The molecule has 4 rings (SSSR count). The molecule has 0 amide bonds. The van der Waals surface area contributed by atoms with Gasteiger partial charge in [0, 0.05) is 10.4 Å². The first kappa shape index (κ1) is 15.9. The minimum Gasteiger partial charge on any atom is -0.454 e. The molecule has 1 aliphatic rings. The Bertz CT molecular complexity index is 865. The number of benzene rings is 1. The average Bonchev–Trinajstić information content (AvgIpc) is 3.26. The van der Waals surface area contributed by atoms with Crippen LogP contribution in [0.1, 0.15) is 19.1 Å². The topological polar surface area (TPSA) is 62.3 Å². The standard InChI is InChI=1S/C16H15Cl2N3O3/c1-2-12-6-22-16(24-12,7-21-9-19-8-20-21)14-4-10-3-11(17)5-13(18)15(10)23-14/h3-5,8-9,12H,2,6-7H2,1H3/t12-,16+/m0/s1. The number of rotatable bonds is 4. The highest BCUT2D eigenvalue weighted by molar-refractivity contribution is 6.38. The number of fused-ring (bicyclic) bond motifs is 1. The van der Waals surface area contributed by atoms with E-state index in [2.05, 4.69) is 17.0 Å². The number of hydrogen-bond donors (Lipinski definition) is 0. The Balaban J connectivity index is 1.80. The van der Waals surface area contributed by atoms with E-state index in [9.17, 15) is 0 Å². The molecule has 0 N–H and O–H groups in total. The van der Waals surface area contributed by atoms with E-state index in [1.54, 1.807) is 23.1 Å². The van der Waals surface area contributed by atoms with Crippen molar-refractivity contribution < 1.29 is 13.9 Å². The van der Waals surface area contributed by atoms with Crippen LogP contribution in [-0.4, -0.2) is 27.5 Å².